The van der Waals surface area contributed by atoms with Crippen LogP contribution in [0.15, 0.2) is 42.5 Å². The minimum absolute atomic E-state index is 0.162. The summed E-state index contributed by atoms with van der Waals surface area (Å²) in [7, 11) is 0. The van der Waals surface area contributed by atoms with Crippen LogP contribution in [0.25, 0.3) is 0 Å². The molecule has 1 aromatic carbocycles. The molecule has 1 spiro atoms. The van der Waals surface area contributed by atoms with E-state index in [1.165, 1.54) is 38.6 Å². The molecule has 1 unspecified atom stereocenters. The zero-order chi connectivity index (χ0) is 19.4. The van der Waals surface area contributed by atoms with Gasteiger partial charge in [-0.1, -0.05) is 43.7 Å². The third-order valence-corrected chi connectivity index (χ3v) is 10.4. The first-order chi connectivity index (χ1) is 14.1. The van der Waals surface area contributed by atoms with E-state index in [0.29, 0.717) is 34.3 Å². The van der Waals surface area contributed by atoms with Crippen LogP contribution in [-0.4, -0.2) is 36.1 Å². The summed E-state index contributed by atoms with van der Waals surface area (Å²) >= 11 is 0. The van der Waals surface area contributed by atoms with Gasteiger partial charge in [-0.05, 0) is 78.2 Å². The first-order valence-corrected chi connectivity index (χ1v) is 11.7. The van der Waals surface area contributed by atoms with Crippen molar-refractivity contribution in [3.05, 3.63) is 48.0 Å². The lowest BCUT2D eigenvalue weighted by Gasteiger charge is -2.58. The summed E-state index contributed by atoms with van der Waals surface area (Å²) in [6.45, 7) is 4.52. The second-order valence-corrected chi connectivity index (χ2v) is 11.2. The van der Waals surface area contributed by atoms with E-state index < -0.39 is 0 Å². The SMILES string of the molecule is C[C@@]12CCC[C@]34[C@@H]1[C@@H]1C[C@]5(CCOC(=O)c6ccccc6)[C@H](C=CC[C@H]53)[C@H]4N1C2. The summed E-state index contributed by atoms with van der Waals surface area (Å²) in [5.74, 6) is 2.24. The van der Waals surface area contributed by atoms with Crippen molar-refractivity contribution in [2.75, 3.05) is 13.2 Å². The largest absolute Gasteiger partial charge is 0.462 e. The summed E-state index contributed by atoms with van der Waals surface area (Å²) in [5.41, 5.74) is 2.15. The van der Waals surface area contributed by atoms with Crippen molar-refractivity contribution in [1.82, 2.24) is 4.90 Å². The van der Waals surface area contributed by atoms with E-state index in [1.807, 2.05) is 30.3 Å². The minimum atomic E-state index is -0.162. The van der Waals surface area contributed by atoms with Crippen molar-refractivity contribution >= 4 is 5.97 Å². The molecule has 0 radical (unpaired) electrons. The van der Waals surface area contributed by atoms with E-state index in [-0.39, 0.29) is 5.97 Å². The fourth-order valence-electron chi connectivity index (χ4n) is 10.1. The first-order valence-electron chi connectivity index (χ1n) is 11.7. The van der Waals surface area contributed by atoms with E-state index in [1.54, 1.807) is 0 Å². The second-order valence-electron chi connectivity index (χ2n) is 11.2. The van der Waals surface area contributed by atoms with Gasteiger partial charge in [0.1, 0.15) is 0 Å². The van der Waals surface area contributed by atoms with Crippen LogP contribution < -0.4 is 0 Å². The van der Waals surface area contributed by atoms with Crippen molar-refractivity contribution in [1.29, 1.82) is 0 Å². The van der Waals surface area contributed by atoms with E-state index in [2.05, 4.69) is 24.0 Å². The van der Waals surface area contributed by atoms with Gasteiger partial charge in [0.05, 0.1) is 12.2 Å². The molecular formula is C26H31NO2. The summed E-state index contributed by atoms with van der Waals surface area (Å²) in [6, 6.07) is 11.0. The molecule has 0 N–H and O–H groups in total. The van der Waals surface area contributed by atoms with Crippen molar-refractivity contribution in [3.63, 3.8) is 0 Å². The maximum absolute atomic E-state index is 12.5. The Labute approximate surface area is 173 Å². The Morgan fingerprint density at radius 1 is 1.24 bits per heavy atom. The van der Waals surface area contributed by atoms with Gasteiger partial charge in [0.25, 0.3) is 0 Å². The van der Waals surface area contributed by atoms with Crippen molar-refractivity contribution < 1.29 is 9.53 Å². The lowest BCUT2D eigenvalue weighted by atomic mass is 9.45. The number of esters is 1. The van der Waals surface area contributed by atoms with Gasteiger partial charge in [-0.3, -0.25) is 4.90 Å². The molecule has 3 heteroatoms. The number of ether oxygens (including phenoxy) is 1. The number of carbonyl (C=O) groups excluding carboxylic acids is 1. The predicted molar refractivity (Wildman–Crippen MR) is 111 cm³/mol. The van der Waals surface area contributed by atoms with Gasteiger partial charge in [0.15, 0.2) is 0 Å². The Bertz CT molecular complexity index is 911. The van der Waals surface area contributed by atoms with Gasteiger partial charge in [-0.2, -0.15) is 0 Å². The van der Waals surface area contributed by atoms with Gasteiger partial charge in [-0.25, -0.2) is 4.79 Å². The van der Waals surface area contributed by atoms with Crippen LogP contribution in [0.4, 0.5) is 0 Å². The summed E-state index contributed by atoms with van der Waals surface area (Å²) in [5, 5.41) is 0. The monoisotopic (exact) mass is 389 g/mol. The van der Waals surface area contributed by atoms with E-state index >= 15 is 0 Å². The summed E-state index contributed by atoms with van der Waals surface area (Å²) in [6.07, 6.45) is 13.0. The van der Waals surface area contributed by atoms with Crippen LogP contribution in [0.2, 0.25) is 0 Å². The Hall–Kier alpha value is -1.61. The highest BCUT2D eigenvalue weighted by Crippen LogP contribution is 2.83. The molecule has 4 aliphatic carbocycles. The van der Waals surface area contributed by atoms with Crippen molar-refractivity contribution in [3.8, 4) is 0 Å². The quantitative estimate of drug-likeness (QED) is 0.553. The van der Waals surface area contributed by atoms with Gasteiger partial charge < -0.3 is 4.74 Å². The van der Waals surface area contributed by atoms with Crippen molar-refractivity contribution in [2.24, 2.45) is 34.0 Å². The average Bonchev–Trinajstić information content (AvgIpc) is 3.11. The molecule has 1 aromatic rings. The van der Waals surface area contributed by atoms with Gasteiger partial charge >= 0.3 is 5.97 Å². The topological polar surface area (TPSA) is 29.5 Å². The molecule has 0 aromatic heterocycles. The molecule has 8 rings (SSSR count). The number of piperidine rings is 2. The lowest BCUT2D eigenvalue weighted by Crippen LogP contribution is -2.56. The highest BCUT2D eigenvalue weighted by molar-refractivity contribution is 5.89. The van der Waals surface area contributed by atoms with E-state index in [4.69, 9.17) is 4.74 Å². The maximum Gasteiger partial charge on any atom is 0.338 e. The number of rotatable bonds is 4. The molecule has 3 aliphatic heterocycles. The highest BCUT2D eigenvalue weighted by atomic mass is 16.5. The second kappa shape index (κ2) is 5.35. The van der Waals surface area contributed by atoms with Gasteiger partial charge in [-0.15, -0.1) is 0 Å². The molecule has 0 amide bonds. The fraction of sp³-hybridized carbons (Fsp3) is 0.654. The van der Waals surface area contributed by atoms with E-state index in [9.17, 15) is 4.79 Å². The van der Waals surface area contributed by atoms with Crippen molar-refractivity contribution in [2.45, 2.75) is 57.5 Å². The Morgan fingerprint density at radius 2 is 2.10 bits per heavy atom. The Kier molecular flexibility index (Phi) is 3.16. The molecule has 9 atom stereocenters. The third-order valence-electron chi connectivity index (χ3n) is 10.4. The number of benzene rings is 1. The third kappa shape index (κ3) is 1.80. The fourth-order valence-corrected chi connectivity index (χ4v) is 10.1. The number of hydrogen-bond acceptors (Lipinski definition) is 3. The zero-order valence-corrected chi connectivity index (χ0v) is 17.3. The van der Waals surface area contributed by atoms with Crippen LogP contribution in [-0.2, 0) is 4.74 Å². The molecule has 3 saturated carbocycles. The molecule has 8 bridgehead atoms. The van der Waals surface area contributed by atoms with Gasteiger partial charge in [0, 0.05) is 18.6 Å². The Morgan fingerprint density at radius 3 is 2.97 bits per heavy atom. The Balaban J connectivity index is 1.19. The predicted octanol–water partition coefficient (Wildman–Crippen LogP) is 4.69. The van der Waals surface area contributed by atoms with E-state index in [0.717, 1.165) is 30.3 Å². The highest BCUT2D eigenvalue weighted by Gasteiger charge is 2.84. The normalized spacial score (nSPS) is 52.2. The van der Waals surface area contributed by atoms with Crippen LogP contribution in [0.5, 0.6) is 0 Å². The first kappa shape index (κ1) is 17.1. The molecule has 29 heavy (non-hydrogen) atoms. The zero-order valence-electron chi connectivity index (χ0n) is 17.3. The number of allylic oxidation sites excluding steroid dienone is 1. The standard InChI is InChI=1S/C26H31NO2/c1-24-11-6-12-26-20-10-5-9-18-22(26)27(16-24)19(21(24)26)15-25(18,20)13-14-29-23(28)17-7-3-2-4-8-17/h2-5,7-9,18-22H,6,10-16H2,1H3/t18-,19+,20-,21-,22-,24+,25-,26-/m1/s1. The lowest BCUT2D eigenvalue weighted by molar-refractivity contribution is -0.0903. The molecule has 6 fully saturated rings. The molecule has 152 valence electrons. The summed E-state index contributed by atoms with van der Waals surface area (Å²) in [4.78, 5) is 15.5. The van der Waals surface area contributed by atoms with Crippen LogP contribution >= 0.6 is 0 Å². The molecular weight excluding hydrogens is 358 g/mol. The maximum atomic E-state index is 12.5. The molecule has 3 heterocycles. The average molecular weight is 390 g/mol. The number of hydrogen-bond donors (Lipinski definition) is 0. The minimum Gasteiger partial charge on any atom is -0.462 e. The number of carbonyl (C=O) groups is 1. The smallest absolute Gasteiger partial charge is 0.338 e. The number of nitrogens with zero attached hydrogens (tertiary/aromatic N) is 1. The molecule has 3 saturated heterocycles. The van der Waals surface area contributed by atoms with Crippen LogP contribution in [0.1, 0.15) is 55.8 Å². The van der Waals surface area contributed by atoms with Crippen LogP contribution in [0, 0.1) is 34.0 Å². The molecule has 3 nitrogen and oxygen atoms in total. The van der Waals surface area contributed by atoms with Crippen LogP contribution in [0.3, 0.4) is 0 Å². The molecule has 7 aliphatic rings. The summed E-state index contributed by atoms with van der Waals surface area (Å²) < 4.78 is 5.81. The van der Waals surface area contributed by atoms with Gasteiger partial charge in [0.2, 0.25) is 0 Å².